The molecule has 2 amide bonds. The van der Waals surface area contributed by atoms with Crippen molar-refractivity contribution in [1.29, 1.82) is 0 Å². The molecule has 178 valence electrons. The fourth-order valence-corrected chi connectivity index (χ4v) is 4.50. The third-order valence-corrected chi connectivity index (χ3v) is 6.20. The SMILES string of the molecule is Cn1cc(C(=O)Nc2cccc(C(=O)N3CCOC[C@@H](Cc4cccc5ncccc45)C3)c2)cn1. The van der Waals surface area contributed by atoms with E-state index in [2.05, 4.69) is 27.5 Å². The van der Waals surface area contributed by atoms with Crippen LogP contribution in [0.4, 0.5) is 5.69 Å². The van der Waals surface area contributed by atoms with Crippen molar-refractivity contribution in [3.63, 3.8) is 0 Å². The molecule has 1 atom stereocenters. The monoisotopic (exact) mass is 469 g/mol. The van der Waals surface area contributed by atoms with Crippen molar-refractivity contribution in [2.75, 3.05) is 31.6 Å². The van der Waals surface area contributed by atoms with Crippen molar-refractivity contribution < 1.29 is 14.3 Å². The molecule has 1 aliphatic rings. The van der Waals surface area contributed by atoms with Crippen LogP contribution in [-0.4, -0.2) is 57.8 Å². The van der Waals surface area contributed by atoms with E-state index in [0.29, 0.717) is 43.1 Å². The Labute approximate surface area is 203 Å². The summed E-state index contributed by atoms with van der Waals surface area (Å²) >= 11 is 0. The Morgan fingerprint density at radius 3 is 2.86 bits per heavy atom. The molecule has 1 saturated heterocycles. The topological polar surface area (TPSA) is 89.4 Å². The Morgan fingerprint density at radius 2 is 2.00 bits per heavy atom. The van der Waals surface area contributed by atoms with Crippen LogP contribution in [0.1, 0.15) is 26.3 Å². The molecule has 0 saturated carbocycles. The summed E-state index contributed by atoms with van der Waals surface area (Å²) in [5.74, 6) is -0.172. The first-order chi connectivity index (χ1) is 17.1. The number of fused-ring (bicyclic) bond motifs is 1. The van der Waals surface area contributed by atoms with Gasteiger partial charge in [0.05, 0.1) is 30.5 Å². The second-order valence-electron chi connectivity index (χ2n) is 8.82. The van der Waals surface area contributed by atoms with Gasteiger partial charge in [-0.1, -0.05) is 24.3 Å². The smallest absolute Gasteiger partial charge is 0.258 e. The standard InChI is InChI=1S/C27H27N5O3/c1-31-17-22(15-29-31)26(33)30-23-7-2-6-21(14-23)27(34)32-11-12-35-18-19(16-32)13-20-5-3-9-25-24(20)8-4-10-28-25/h2-10,14-15,17,19H,11-13,16,18H2,1H3,(H,30,33)/t19-/m0/s1. The average Bonchev–Trinajstić information content (AvgIpc) is 3.18. The molecule has 0 spiro atoms. The summed E-state index contributed by atoms with van der Waals surface area (Å²) in [6.07, 6.45) is 5.75. The highest BCUT2D eigenvalue weighted by Gasteiger charge is 2.24. The van der Waals surface area contributed by atoms with Gasteiger partial charge in [0, 0.05) is 55.1 Å². The summed E-state index contributed by atoms with van der Waals surface area (Å²) in [4.78, 5) is 32.2. The number of amides is 2. The summed E-state index contributed by atoms with van der Waals surface area (Å²) in [6.45, 7) is 2.22. The maximum atomic E-state index is 13.4. The highest BCUT2D eigenvalue weighted by atomic mass is 16.5. The molecule has 0 bridgehead atoms. The molecular weight excluding hydrogens is 442 g/mol. The predicted octanol–water partition coefficient (Wildman–Crippen LogP) is 3.55. The van der Waals surface area contributed by atoms with Gasteiger partial charge in [0.25, 0.3) is 11.8 Å². The van der Waals surface area contributed by atoms with Crippen LogP contribution in [0, 0.1) is 5.92 Å². The Bertz CT molecular complexity index is 1360. The molecule has 0 aliphatic carbocycles. The lowest BCUT2D eigenvalue weighted by Gasteiger charge is -2.24. The molecule has 35 heavy (non-hydrogen) atoms. The van der Waals surface area contributed by atoms with Crippen LogP contribution in [0.15, 0.2) is 73.2 Å². The van der Waals surface area contributed by atoms with E-state index in [-0.39, 0.29) is 17.7 Å². The molecule has 2 aromatic heterocycles. The number of benzene rings is 2. The first kappa shape index (κ1) is 22.7. The van der Waals surface area contributed by atoms with Gasteiger partial charge < -0.3 is 15.0 Å². The number of ether oxygens (including phenoxy) is 1. The Hall–Kier alpha value is -4.04. The molecule has 0 radical (unpaired) electrons. The van der Waals surface area contributed by atoms with Gasteiger partial charge in [0.15, 0.2) is 0 Å². The predicted molar refractivity (Wildman–Crippen MR) is 133 cm³/mol. The van der Waals surface area contributed by atoms with Gasteiger partial charge in [-0.25, -0.2) is 0 Å². The van der Waals surface area contributed by atoms with Crippen LogP contribution in [0.2, 0.25) is 0 Å². The van der Waals surface area contributed by atoms with Crippen LogP contribution in [0.5, 0.6) is 0 Å². The van der Waals surface area contributed by atoms with E-state index in [4.69, 9.17) is 4.74 Å². The number of aromatic nitrogens is 3. The molecule has 2 aromatic carbocycles. The van der Waals surface area contributed by atoms with E-state index in [1.165, 1.54) is 11.8 Å². The number of rotatable bonds is 5. The summed E-state index contributed by atoms with van der Waals surface area (Å²) in [5.41, 5.74) is 3.73. The van der Waals surface area contributed by atoms with Gasteiger partial charge in [-0.2, -0.15) is 5.10 Å². The molecule has 8 heteroatoms. The first-order valence-corrected chi connectivity index (χ1v) is 11.7. The number of anilines is 1. The van der Waals surface area contributed by atoms with Crippen molar-refractivity contribution in [2.45, 2.75) is 6.42 Å². The zero-order valence-corrected chi connectivity index (χ0v) is 19.6. The highest BCUT2D eigenvalue weighted by molar-refractivity contribution is 6.04. The van der Waals surface area contributed by atoms with Crippen molar-refractivity contribution >= 4 is 28.4 Å². The van der Waals surface area contributed by atoms with Gasteiger partial charge >= 0.3 is 0 Å². The molecule has 1 N–H and O–H groups in total. The minimum absolute atomic E-state index is 0.0717. The van der Waals surface area contributed by atoms with Gasteiger partial charge in [0.1, 0.15) is 0 Å². The van der Waals surface area contributed by atoms with E-state index < -0.39 is 0 Å². The minimum atomic E-state index is -0.268. The van der Waals surface area contributed by atoms with Crippen LogP contribution >= 0.6 is 0 Å². The quantitative estimate of drug-likeness (QED) is 0.483. The molecule has 1 fully saturated rings. The first-order valence-electron chi connectivity index (χ1n) is 11.7. The molecule has 3 heterocycles. The van der Waals surface area contributed by atoms with Gasteiger partial charge in [0.2, 0.25) is 0 Å². The van der Waals surface area contributed by atoms with E-state index in [1.54, 1.807) is 48.4 Å². The fraction of sp³-hybridized carbons (Fsp3) is 0.259. The number of aryl methyl sites for hydroxylation is 1. The Balaban J connectivity index is 1.30. The van der Waals surface area contributed by atoms with Crippen LogP contribution < -0.4 is 5.32 Å². The average molecular weight is 470 g/mol. The summed E-state index contributed by atoms with van der Waals surface area (Å²) < 4.78 is 7.43. The zero-order valence-electron chi connectivity index (χ0n) is 19.6. The van der Waals surface area contributed by atoms with Gasteiger partial charge in [-0.15, -0.1) is 0 Å². The van der Waals surface area contributed by atoms with Crippen LogP contribution in [0.25, 0.3) is 10.9 Å². The van der Waals surface area contributed by atoms with Crippen molar-refractivity contribution in [2.24, 2.45) is 13.0 Å². The van der Waals surface area contributed by atoms with Gasteiger partial charge in [-0.05, 0) is 42.3 Å². The second-order valence-corrected chi connectivity index (χ2v) is 8.82. The van der Waals surface area contributed by atoms with Crippen LogP contribution in [-0.2, 0) is 18.2 Å². The fourth-order valence-electron chi connectivity index (χ4n) is 4.50. The number of pyridine rings is 1. The molecular formula is C27H27N5O3. The van der Waals surface area contributed by atoms with Crippen LogP contribution in [0.3, 0.4) is 0 Å². The third-order valence-electron chi connectivity index (χ3n) is 6.20. The van der Waals surface area contributed by atoms with Gasteiger partial charge in [-0.3, -0.25) is 19.3 Å². The number of nitrogens with zero attached hydrogens (tertiary/aromatic N) is 4. The molecule has 5 rings (SSSR count). The lowest BCUT2D eigenvalue weighted by Crippen LogP contribution is -2.36. The molecule has 4 aromatic rings. The Morgan fingerprint density at radius 1 is 1.11 bits per heavy atom. The maximum Gasteiger partial charge on any atom is 0.258 e. The normalized spacial score (nSPS) is 16.1. The number of nitrogens with one attached hydrogen (secondary N) is 1. The molecule has 0 unspecified atom stereocenters. The minimum Gasteiger partial charge on any atom is -0.379 e. The largest absolute Gasteiger partial charge is 0.379 e. The van der Waals surface area contributed by atoms with E-state index >= 15 is 0 Å². The number of carbonyl (C=O) groups excluding carboxylic acids is 2. The highest BCUT2D eigenvalue weighted by Crippen LogP contribution is 2.22. The summed E-state index contributed by atoms with van der Waals surface area (Å²) in [7, 11) is 1.76. The van der Waals surface area contributed by atoms with E-state index in [9.17, 15) is 9.59 Å². The third kappa shape index (κ3) is 5.22. The number of hydrogen-bond donors (Lipinski definition) is 1. The molecule has 8 nitrogen and oxygen atoms in total. The Kier molecular flexibility index (Phi) is 6.54. The maximum absolute atomic E-state index is 13.4. The van der Waals surface area contributed by atoms with Crippen molar-refractivity contribution in [3.8, 4) is 0 Å². The molecule has 1 aliphatic heterocycles. The van der Waals surface area contributed by atoms with Crippen molar-refractivity contribution in [1.82, 2.24) is 19.7 Å². The summed E-state index contributed by atoms with van der Waals surface area (Å²) in [6, 6.07) is 17.2. The summed E-state index contributed by atoms with van der Waals surface area (Å²) in [5, 5.41) is 8.01. The zero-order chi connectivity index (χ0) is 24.2. The number of carbonyl (C=O) groups is 2. The second kappa shape index (κ2) is 10.1. The van der Waals surface area contributed by atoms with E-state index in [1.807, 2.05) is 23.1 Å². The van der Waals surface area contributed by atoms with E-state index in [0.717, 1.165) is 17.3 Å². The number of hydrogen-bond acceptors (Lipinski definition) is 5. The lowest BCUT2D eigenvalue weighted by molar-refractivity contribution is 0.0737. The van der Waals surface area contributed by atoms with Crippen molar-refractivity contribution in [3.05, 3.63) is 89.9 Å². The lowest BCUT2D eigenvalue weighted by atomic mass is 9.96.